The number of aromatic hydroxyl groups is 1. The van der Waals surface area contributed by atoms with Crippen LogP contribution in [0, 0.1) is 13.8 Å². The van der Waals surface area contributed by atoms with E-state index in [4.69, 9.17) is 18.5 Å². The van der Waals surface area contributed by atoms with Gasteiger partial charge in [0.1, 0.15) is 22.7 Å². The fourth-order valence-corrected chi connectivity index (χ4v) is 4.43. The van der Waals surface area contributed by atoms with Gasteiger partial charge in [-0.3, -0.25) is 15.4 Å². The Hall–Kier alpha value is -4.53. The summed E-state index contributed by atoms with van der Waals surface area (Å²) < 4.78 is 40.9. The topological polar surface area (TPSA) is 191 Å². The molecule has 0 heterocycles. The molecule has 15 heteroatoms. The molecule has 2 aromatic rings. The molecule has 3 amide bonds. The number of ether oxygens (including phenoxy) is 2. The van der Waals surface area contributed by atoms with Crippen molar-refractivity contribution in [2.75, 3.05) is 13.2 Å². The number of phenolic OH excluding ortho intramolecular Hbond substituents is 1. The lowest BCUT2D eigenvalue weighted by atomic mass is 10.0. The van der Waals surface area contributed by atoms with E-state index >= 15 is 0 Å². The molecule has 0 saturated carbocycles. The van der Waals surface area contributed by atoms with E-state index in [1.54, 1.807) is 67.5 Å². The van der Waals surface area contributed by atoms with E-state index in [0.29, 0.717) is 11.1 Å². The summed E-state index contributed by atoms with van der Waals surface area (Å²) in [6, 6.07) is 8.94. The number of rotatable bonds is 9. The minimum Gasteiger partial charge on any atom is -0.504 e. The number of benzene rings is 2. The van der Waals surface area contributed by atoms with Crippen LogP contribution in [0.5, 0.6) is 11.5 Å². The van der Waals surface area contributed by atoms with Crippen LogP contribution in [0.25, 0.3) is 0 Å². The largest absolute Gasteiger partial charge is 0.504 e. The highest BCUT2D eigenvalue weighted by molar-refractivity contribution is 7.87. The van der Waals surface area contributed by atoms with Crippen LogP contribution in [-0.2, 0) is 35.6 Å². The highest BCUT2D eigenvalue weighted by Gasteiger charge is 2.23. The summed E-state index contributed by atoms with van der Waals surface area (Å²) >= 11 is 0. The third-order valence-corrected chi connectivity index (χ3v) is 6.44. The van der Waals surface area contributed by atoms with E-state index in [9.17, 15) is 27.9 Å². The van der Waals surface area contributed by atoms with E-state index in [1.165, 1.54) is 24.3 Å². The molecular formula is C29H40N4O10S. The maximum absolute atomic E-state index is 12.7. The molecule has 4 N–H and O–H groups in total. The van der Waals surface area contributed by atoms with Gasteiger partial charge in [-0.1, -0.05) is 18.2 Å². The van der Waals surface area contributed by atoms with Gasteiger partial charge < -0.3 is 28.9 Å². The smallest absolute Gasteiger partial charge is 0.414 e. The molecule has 0 unspecified atom stereocenters. The van der Waals surface area contributed by atoms with E-state index in [0.717, 1.165) is 0 Å². The van der Waals surface area contributed by atoms with Gasteiger partial charge in [-0.2, -0.15) is 8.42 Å². The summed E-state index contributed by atoms with van der Waals surface area (Å²) in [5, 5.41) is 21.5. The van der Waals surface area contributed by atoms with E-state index in [1.807, 2.05) is 0 Å². The summed E-state index contributed by atoms with van der Waals surface area (Å²) in [7, 11) is -4.24. The van der Waals surface area contributed by atoms with Crippen LogP contribution in [0.15, 0.2) is 46.4 Å². The second-order valence-electron chi connectivity index (χ2n) is 11.6. The molecule has 0 bridgehead atoms. The van der Waals surface area contributed by atoms with Crippen LogP contribution in [-0.4, -0.2) is 61.9 Å². The molecule has 2 aromatic carbocycles. The molecule has 14 nitrogen and oxygen atoms in total. The molecule has 0 aliphatic carbocycles. The van der Waals surface area contributed by atoms with Crippen LogP contribution >= 0.6 is 0 Å². The predicted molar refractivity (Wildman–Crippen MR) is 161 cm³/mol. The zero-order valence-electron chi connectivity index (χ0n) is 26.1. The fraction of sp³-hybridized carbons (Fsp3) is 0.448. The standard InChI is InChI=1S/C29H40N4O10S/c1-18-10-9-11-20(16-18)44(38,39)43-22-13-12-19(2)21(24(22)35)17-23(34)30-14-15-40-33-25(31-26(36)41-28(3,4)5)32-27(37)42-29(6,7)8/h9-13,16,35H,14-15,17H2,1-8H3,(H,30,34)(H2,31,32,33,36,37). The summed E-state index contributed by atoms with van der Waals surface area (Å²) in [4.78, 5) is 41.9. The molecule has 0 spiro atoms. The Labute approximate surface area is 257 Å². The first-order chi connectivity index (χ1) is 20.3. The van der Waals surface area contributed by atoms with E-state index in [2.05, 4.69) is 21.1 Å². The Kier molecular flexibility index (Phi) is 12.0. The normalized spacial score (nSPS) is 11.5. The Morgan fingerprint density at radius 1 is 0.909 bits per heavy atom. The van der Waals surface area contributed by atoms with Crippen molar-refractivity contribution >= 4 is 34.2 Å². The summed E-state index contributed by atoms with van der Waals surface area (Å²) in [5.74, 6) is -1.73. The molecule has 44 heavy (non-hydrogen) atoms. The number of carbonyl (C=O) groups is 3. The maximum atomic E-state index is 12.7. The second-order valence-corrected chi connectivity index (χ2v) is 13.2. The summed E-state index contributed by atoms with van der Waals surface area (Å²) in [6.45, 7) is 13.1. The Balaban J connectivity index is 2.01. The van der Waals surface area contributed by atoms with Gasteiger partial charge in [-0.05, 0) is 89.9 Å². The van der Waals surface area contributed by atoms with Gasteiger partial charge in [0.25, 0.3) is 5.96 Å². The van der Waals surface area contributed by atoms with Crippen LogP contribution < -0.4 is 20.1 Å². The lowest BCUT2D eigenvalue weighted by Gasteiger charge is -2.21. The number of nitrogens with one attached hydrogen (secondary N) is 3. The number of aryl methyl sites for hydroxylation is 2. The number of hydrogen-bond acceptors (Lipinski definition) is 11. The van der Waals surface area contributed by atoms with Crippen molar-refractivity contribution in [2.24, 2.45) is 5.16 Å². The zero-order chi connectivity index (χ0) is 33.3. The van der Waals surface area contributed by atoms with Gasteiger partial charge in [-0.25, -0.2) is 9.59 Å². The SMILES string of the molecule is Cc1cccc(S(=O)(=O)Oc2ccc(C)c(CC(=O)NCCON=C(NC(=O)OC(C)(C)C)NC(=O)OC(C)(C)C)c2O)c1. The first-order valence-electron chi connectivity index (χ1n) is 13.5. The Bertz CT molecular complexity index is 1460. The van der Waals surface area contributed by atoms with Crippen molar-refractivity contribution in [2.45, 2.75) is 77.9 Å². The quantitative estimate of drug-likeness (QED) is 0.104. The highest BCUT2D eigenvalue weighted by atomic mass is 32.2. The zero-order valence-corrected chi connectivity index (χ0v) is 26.9. The Morgan fingerprint density at radius 3 is 2.05 bits per heavy atom. The number of hydrogen-bond donors (Lipinski definition) is 4. The number of guanidine groups is 1. The van der Waals surface area contributed by atoms with Gasteiger partial charge in [-0.15, -0.1) is 0 Å². The van der Waals surface area contributed by atoms with Gasteiger partial charge >= 0.3 is 22.3 Å². The van der Waals surface area contributed by atoms with Crippen molar-refractivity contribution in [3.05, 3.63) is 53.1 Å². The number of nitrogens with zero attached hydrogens (tertiary/aromatic N) is 1. The molecule has 242 valence electrons. The van der Waals surface area contributed by atoms with Crippen LogP contribution in [0.2, 0.25) is 0 Å². The molecule has 0 aromatic heterocycles. The molecule has 0 aliphatic rings. The van der Waals surface area contributed by atoms with Crippen molar-refractivity contribution < 1.29 is 46.4 Å². The molecule has 0 fully saturated rings. The first kappa shape index (κ1) is 35.7. The number of alkyl carbamates (subject to hydrolysis) is 2. The van der Waals surface area contributed by atoms with Gasteiger partial charge in [0.15, 0.2) is 11.5 Å². The summed E-state index contributed by atoms with van der Waals surface area (Å²) in [6.07, 6.45) is -2.11. The highest BCUT2D eigenvalue weighted by Crippen LogP contribution is 2.34. The van der Waals surface area contributed by atoms with Crippen LogP contribution in [0.4, 0.5) is 9.59 Å². The molecule has 0 radical (unpaired) electrons. The number of carbonyl (C=O) groups excluding carboxylic acids is 3. The minimum absolute atomic E-state index is 0.0494. The van der Waals surface area contributed by atoms with Crippen molar-refractivity contribution in [3.8, 4) is 11.5 Å². The molecule has 2 rings (SSSR count). The Morgan fingerprint density at radius 2 is 1.50 bits per heavy atom. The van der Waals surface area contributed by atoms with Crippen molar-refractivity contribution in [3.63, 3.8) is 0 Å². The third kappa shape index (κ3) is 12.4. The van der Waals surface area contributed by atoms with Crippen LogP contribution in [0.3, 0.4) is 0 Å². The van der Waals surface area contributed by atoms with Gasteiger partial charge in [0.2, 0.25) is 5.91 Å². The number of phenols is 1. The number of amides is 3. The lowest BCUT2D eigenvalue weighted by molar-refractivity contribution is -0.120. The monoisotopic (exact) mass is 636 g/mol. The number of oxime groups is 1. The van der Waals surface area contributed by atoms with E-state index < -0.39 is 51.1 Å². The molecule has 0 aliphatic heterocycles. The average molecular weight is 637 g/mol. The first-order valence-corrected chi connectivity index (χ1v) is 15.0. The molecular weight excluding hydrogens is 596 g/mol. The lowest BCUT2D eigenvalue weighted by Crippen LogP contribution is -2.47. The minimum atomic E-state index is -4.24. The third-order valence-electron chi connectivity index (χ3n) is 5.21. The average Bonchev–Trinajstić information content (AvgIpc) is 2.85. The summed E-state index contributed by atoms with van der Waals surface area (Å²) in [5.41, 5.74) is -0.224. The second kappa shape index (κ2) is 14.8. The molecule has 0 saturated heterocycles. The van der Waals surface area contributed by atoms with Crippen LogP contribution in [0.1, 0.15) is 58.2 Å². The maximum Gasteiger partial charge on any atom is 0.414 e. The predicted octanol–water partition coefficient (Wildman–Crippen LogP) is 3.77. The fourth-order valence-electron chi connectivity index (χ4n) is 3.39. The van der Waals surface area contributed by atoms with E-state index in [-0.39, 0.29) is 35.8 Å². The van der Waals surface area contributed by atoms with Crippen molar-refractivity contribution in [1.82, 2.24) is 16.0 Å². The van der Waals surface area contributed by atoms with Crippen molar-refractivity contribution in [1.29, 1.82) is 0 Å². The van der Waals surface area contributed by atoms with Gasteiger partial charge in [0, 0.05) is 5.56 Å². The molecule has 0 atom stereocenters. The van der Waals surface area contributed by atoms with Gasteiger partial charge in [0.05, 0.1) is 13.0 Å².